The normalized spacial score (nSPS) is 10.1. The first kappa shape index (κ1) is 12.7. The van der Waals surface area contributed by atoms with Gasteiger partial charge in [0.2, 0.25) is 0 Å². The highest BCUT2D eigenvalue weighted by molar-refractivity contribution is 8.12. The van der Waals surface area contributed by atoms with Gasteiger partial charge >= 0.3 is 5.97 Å². The highest BCUT2D eigenvalue weighted by Gasteiger charge is 2.07. The van der Waals surface area contributed by atoms with E-state index in [1.165, 1.54) is 18.7 Å². The van der Waals surface area contributed by atoms with Gasteiger partial charge in [-0.1, -0.05) is 17.8 Å². The van der Waals surface area contributed by atoms with Crippen LogP contribution in [0.3, 0.4) is 0 Å². The number of aliphatic carboxylic acids is 1. The van der Waals surface area contributed by atoms with Crippen molar-refractivity contribution in [3.63, 3.8) is 0 Å². The van der Waals surface area contributed by atoms with Crippen LogP contribution >= 0.6 is 11.8 Å². The van der Waals surface area contributed by atoms with Gasteiger partial charge in [0.25, 0.3) is 0 Å². The van der Waals surface area contributed by atoms with Crippen molar-refractivity contribution in [2.45, 2.75) is 25.5 Å². The van der Waals surface area contributed by atoms with Crippen molar-refractivity contribution in [3.8, 4) is 0 Å². The molecule has 0 amide bonds. The Labute approximate surface area is 98.1 Å². The minimum absolute atomic E-state index is 0.0369. The molecule has 0 aromatic carbocycles. The summed E-state index contributed by atoms with van der Waals surface area (Å²) < 4.78 is 0. The third kappa shape index (κ3) is 4.44. The van der Waals surface area contributed by atoms with Crippen molar-refractivity contribution in [1.82, 2.24) is 4.98 Å². The molecular weight excluding hydrogens is 226 g/mol. The molecule has 1 aromatic rings. The van der Waals surface area contributed by atoms with E-state index in [9.17, 15) is 9.59 Å². The topological polar surface area (TPSA) is 67.3 Å². The molecule has 0 bridgehead atoms. The number of pyridine rings is 1. The zero-order chi connectivity index (χ0) is 12.0. The fourth-order valence-electron chi connectivity index (χ4n) is 1.24. The van der Waals surface area contributed by atoms with Gasteiger partial charge in [-0.05, 0) is 18.1 Å². The van der Waals surface area contributed by atoms with E-state index in [0.717, 1.165) is 11.3 Å². The number of carboxylic acid groups (broad SMARTS) is 1. The van der Waals surface area contributed by atoms with Crippen LogP contribution in [0.5, 0.6) is 0 Å². The maximum atomic E-state index is 10.8. The number of nitrogens with zero attached hydrogens (tertiary/aromatic N) is 1. The smallest absolute Gasteiger partial charge is 0.303 e. The number of rotatable bonds is 5. The van der Waals surface area contributed by atoms with Gasteiger partial charge in [-0.2, -0.15) is 0 Å². The summed E-state index contributed by atoms with van der Waals surface area (Å²) in [6, 6.07) is 3.63. The lowest BCUT2D eigenvalue weighted by atomic mass is 10.1. The highest BCUT2D eigenvalue weighted by atomic mass is 32.2. The van der Waals surface area contributed by atoms with E-state index in [2.05, 4.69) is 4.98 Å². The molecule has 0 saturated carbocycles. The number of hydrogen-bond donors (Lipinski definition) is 1. The van der Waals surface area contributed by atoms with Gasteiger partial charge in [-0.3, -0.25) is 14.6 Å². The largest absolute Gasteiger partial charge is 0.481 e. The second-order valence-electron chi connectivity index (χ2n) is 3.28. The molecule has 0 aliphatic carbocycles. The fraction of sp³-hybridized carbons (Fsp3) is 0.364. The average molecular weight is 239 g/mol. The van der Waals surface area contributed by atoms with Gasteiger partial charge in [0.1, 0.15) is 0 Å². The molecule has 1 N–H and O–H groups in total. The first-order chi connectivity index (χ1) is 7.59. The first-order valence-corrected chi connectivity index (χ1v) is 5.86. The minimum atomic E-state index is -0.825. The number of hydrogen-bond acceptors (Lipinski definition) is 4. The summed E-state index contributed by atoms with van der Waals surface area (Å²) in [6.07, 6.45) is 2.20. The number of carbonyl (C=O) groups is 2. The molecule has 1 heterocycles. The molecule has 0 unspecified atom stereocenters. The Morgan fingerprint density at radius 2 is 2.25 bits per heavy atom. The maximum absolute atomic E-state index is 10.8. The van der Waals surface area contributed by atoms with E-state index < -0.39 is 5.97 Å². The van der Waals surface area contributed by atoms with Gasteiger partial charge < -0.3 is 5.11 Å². The lowest BCUT2D eigenvalue weighted by Crippen LogP contribution is -2.02. The maximum Gasteiger partial charge on any atom is 0.303 e. The van der Waals surface area contributed by atoms with Crippen molar-refractivity contribution in [3.05, 3.63) is 29.6 Å². The zero-order valence-corrected chi connectivity index (χ0v) is 9.79. The Balaban J connectivity index is 2.67. The number of carboxylic acids is 1. The number of thioether (sulfide) groups is 1. The first-order valence-electron chi connectivity index (χ1n) is 4.87. The Hall–Kier alpha value is -1.36. The summed E-state index contributed by atoms with van der Waals surface area (Å²) in [5.41, 5.74) is 1.70. The minimum Gasteiger partial charge on any atom is -0.481 e. The number of aromatic nitrogens is 1. The lowest BCUT2D eigenvalue weighted by Gasteiger charge is -2.05. The van der Waals surface area contributed by atoms with Crippen molar-refractivity contribution in [2.75, 3.05) is 0 Å². The Morgan fingerprint density at radius 1 is 1.50 bits per heavy atom. The molecule has 0 atom stereocenters. The molecular formula is C11H13NO3S. The molecule has 5 heteroatoms. The summed E-state index contributed by atoms with van der Waals surface area (Å²) in [5.74, 6) is -0.320. The van der Waals surface area contributed by atoms with E-state index >= 15 is 0 Å². The molecule has 16 heavy (non-hydrogen) atoms. The van der Waals surface area contributed by atoms with Crippen LogP contribution in [-0.4, -0.2) is 21.2 Å². The van der Waals surface area contributed by atoms with Gasteiger partial charge in [-0.15, -0.1) is 0 Å². The van der Waals surface area contributed by atoms with Gasteiger partial charge in [0, 0.05) is 25.3 Å². The molecule has 1 aromatic heterocycles. The number of carbonyl (C=O) groups excluding carboxylic acids is 1. The van der Waals surface area contributed by atoms with Crippen LogP contribution in [-0.2, 0) is 21.8 Å². The standard InChI is InChI=1S/C11H13NO3S/c1-8(13)16-7-10-9(3-2-6-12-10)4-5-11(14)15/h2-3,6H,4-5,7H2,1H3,(H,14,15). The molecule has 4 nitrogen and oxygen atoms in total. The molecule has 0 fully saturated rings. The summed E-state index contributed by atoms with van der Waals surface area (Å²) >= 11 is 1.18. The van der Waals surface area contributed by atoms with Crippen molar-refractivity contribution in [1.29, 1.82) is 0 Å². The molecule has 0 aliphatic heterocycles. The monoisotopic (exact) mass is 239 g/mol. The van der Waals surface area contributed by atoms with Gasteiger partial charge in [0.15, 0.2) is 5.12 Å². The van der Waals surface area contributed by atoms with Crippen molar-refractivity contribution in [2.24, 2.45) is 0 Å². The van der Waals surface area contributed by atoms with Crippen LogP contribution in [0.2, 0.25) is 0 Å². The molecule has 86 valence electrons. The van der Waals surface area contributed by atoms with Crippen LogP contribution in [0, 0.1) is 0 Å². The molecule has 0 saturated heterocycles. The average Bonchev–Trinajstić information content (AvgIpc) is 2.24. The Kier molecular flexibility index (Phi) is 4.98. The Bertz CT molecular complexity index is 356. The summed E-state index contributed by atoms with van der Waals surface area (Å²) in [4.78, 5) is 25.5. The summed E-state index contributed by atoms with van der Waals surface area (Å²) in [7, 11) is 0. The van der Waals surface area contributed by atoms with Gasteiger partial charge in [-0.25, -0.2) is 0 Å². The van der Waals surface area contributed by atoms with Crippen LogP contribution in [0.15, 0.2) is 18.3 Å². The van der Waals surface area contributed by atoms with E-state index in [1.54, 1.807) is 12.3 Å². The molecule has 0 aliphatic rings. The van der Waals surface area contributed by atoms with Crippen LogP contribution in [0.4, 0.5) is 0 Å². The Morgan fingerprint density at radius 3 is 2.88 bits per heavy atom. The zero-order valence-electron chi connectivity index (χ0n) is 8.97. The third-order valence-electron chi connectivity index (χ3n) is 2.00. The van der Waals surface area contributed by atoms with Crippen molar-refractivity contribution >= 4 is 22.8 Å². The van der Waals surface area contributed by atoms with Crippen LogP contribution in [0.25, 0.3) is 0 Å². The second-order valence-corrected chi connectivity index (χ2v) is 4.44. The lowest BCUT2D eigenvalue weighted by molar-refractivity contribution is -0.137. The fourth-order valence-corrected chi connectivity index (χ4v) is 1.84. The van der Waals surface area contributed by atoms with E-state index in [4.69, 9.17) is 5.11 Å². The SMILES string of the molecule is CC(=O)SCc1ncccc1CCC(=O)O. The molecule has 0 radical (unpaired) electrons. The van der Waals surface area contributed by atoms with Crippen molar-refractivity contribution < 1.29 is 14.7 Å². The molecule has 1 rings (SSSR count). The summed E-state index contributed by atoms with van der Waals surface area (Å²) in [6.45, 7) is 1.50. The predicted octanol–water partition coefficient (Wildman–Crippen LogP) is 1.88. The van der Waals surface area contributed by atoms with E-state index in [0.29, 0.717) is 12.2 Å². The second kappa shape index (κ2) is 6.27. The third-order valence-corrected chi connectivity index (χ3v) is 2.83. The summed E-state index contributed by atoms with van der Waals surface area (Å²) in [5, 5.41) is 8.64. The van der Waals surface area contributed by atoms with E-state index in [-0.39, 0.29) is 11.5 Å². The van der Waals surface area contributed by atoms with Crippen LogP contribution < -0.4 is 0 Å². The highest BCUT2D eigenvalue weighted by Crippen LogP contribution is 2.16. The van der Waals surface area contributed by atoms with Gasteiger partial charge in [0.05, 0.1) is 5.69 Å². The number of aryl methyl sites for hydroxylation is 1. The van der Waals surface area contributed by atoms with Crippen LogP contribution in [0.1, 0.15) is 24.6 Å². The quantitative estimate of drug-likeness (QED) is 0.849. The van der Waals surface area contributed by atoms with E-state index in [1.807, 2.05) is 6.07 Å². The predicted molar refractivity (Wildman–Crippen MR) is 62.2 cm³/mol. The molecule has 0 spiro atoms.